The Morgan fingerprint density at radius 2 is 2.05 bits per heavy atom. The Morgan fingerprint density at radius 3 is 2.53 bits per heavy atom. The van der Waals surface area contributed by atoms with Crippen LogP contribution in [0.1, 0.15) is 11.1 Å². The van der Waals surface area contributed by atoms with Gasteiger partial charge in [-0.15, -0.1) is 6.58 Å². The summed E-state index contributed by atoms with van der Waals surface area (Å²) in [6.45, 7) is 2.69. The van der Waals surface area contributed by atoms with Gasteiger partial charge in [-0.3, -0.25) is 0 Å². The number of halogens is 4. The summed E-state index contributed by atoms with van der Waals surface area (Å²) in [6, 6.07) is 3.40. The molecule has 1 aromatic rings. The Balaban J connectivity index is 0.00000324. The van der Waals surface area contributed by atoms with Gasteiger partial charge >= 0.3 is 12.1 Å². The molecule has 19 heavy (non-hydrogen) atoms. The van der Waals surface area contributed by atoms with E-state index in [1.54, 1.807) is 0 Å². The van der Waals surface area contributed by atoms with Crippen molar-refractivity contribution >= 4 is 5.97 Å². The summed E-state index contributed by atoms with van der Waals surface area (Å²) < 4.78 is 43.1. The van der Waals surface area contributed by atoms with Crippen molar-refractivity contribution in [1.82, 2.24) is 0 Å². The average molecular weight is 296 g/mol. The maximum absolute atomic E-state index is 12.7. The number of carbonyl (C=O) groups is 1. The van der Waals surface area contributed by atoms with Gasteiger partial charge in [0.05, 0.1) is 5.56 Å². The Morgan fingerprint density at radius 1 is 1.42 bits per heavy atom. The van der Waals surface area contributed by atoms with E-state index >= 15 is 0 Å². The van der Waals surface area contributed by atoms with E-state index in [1.807, 2.05) is 0 Å². The van der Waals surface area contributed by atoms with E-state index < -0.39 is 24.3 Å². The highest BCUT2D eigenvalue weighted by Gasteiger charge is 2.34. The zero-order valence-corrected chi connectivity index (χ0v) is 10.5. The molecule has 0 atom stereocenters. The summed E-state index contributed by atoms with van der Waals surface area (Å²) in [5, 5.41) is 8.46. The quantitative estimate of drug-likeness (QED) is 0.772. The molecule has 0 fully saturated rings. The zero-order valence-electron chi connectivity index (χ0n) is 9.71. The van der Waals surface area contributed by atoms with Crippen LogP contribution in [0.4, 0.5) is 13.2 Å². The van der Waals surface area contributed by atoms with Crippen LogP contribution in [-0.2, 0) is 17.4 Å². The van der Waals surface area contributed by atoms with Crippen LogP contribution in [0.15, 0.2) is 30.9 Å². The van der Waals surface area contributed by atoms with Crippen molar-refractivity contribution in [3.8, 4) is 5.75 Å². The summed E-state index contributed by atoms with van der Waals surface area (Å²) in [5.41, 5.74) is -0.952. The Labute approximate surface area is 114 Å². The topological polar surface area (TPSA) is 46.5 Å². The minimum absolute atomic E-state index is 0. The molecule has 1 aromatic carbocycles. The van der Waals surface area contributed by atoms with Crippen LogP contribution in [0.3, 0.4) is 0 Å². The van der Waals surface area contributed by atoms with Gasteiger partial charge in [-0.2, -0.15) is 13.2 Å². The van der Waals surface area contributed by atoms with Crippen LogP contribution in [0.5, 0.6) is 5.75 Å². The minimum Gasteiger partial charge on any atom is -1.00 e. The van der Waals surface area contributed by atoms with Crippen molar-refractivity contribution in [2.75, 3.05) is 6.61 Å². The first-order valence-corrected chi connectivity index (χ1v) is 5.01. The number of benzene rings is 1. The van der Waals surface area contributed by atoms with Gasteiger partial charge in [-0.1, -0.05) is 12.1 Å². The van der Waals surface area contributed by atoms with Crippen molar-refractivity contribution in [2.24, 2.45) is 0 Å². The van der Waals surface area contributed by atoms with E-state index in [-0.39, 0.29) is 30.1 Å². The van der Waals surface area contributed by atoms with Crippen LogP contribution in [-0.4, -0.2) is 17.7 Å². The van der Waals surface area contributed by atoms with Crippen molar-refractivity contribution in [3.05, 3.63) is 42.0 Å². The summed E-state index contributed by atoms with van der Waals surface area (Å²) >= 11 is 0. The average Bonchev–Trinajstić information content (AvgIpc) is 2.26. The van der Waals surface area contributed by atoms with Crippen molar-refractivity contribution in [2.45, 2.75) is 12.6 Å². The van der Waals surface area contributed by atoms with Gasteiger partial charge in [0.2, 0.25) is 0 Å². The Kier molecular flexibility index (Phi) is 6.41. The monoisotopic (exact) mass is 295 g/mol. The van der Waals surface area contributed by atoms with Gasteiger partial charge in [-0.05, 0) is 18.6 Å². The van der Waals surface area contributed by atoms with Crippen LogP contribution in [0, 0.1) is 0 Å². The molecule has 106 valence electrons. The second-order valence-corrected chi connectivity index (χ2v) is 3.46. The number of hydrogen-bond acceptors (Lipinski definition) is 2. The maximum Gasteiger partial charge on any atom is 0.416 e. The lowest BCUT2D eigenvalue weighted by Crippen LogP contribution is -3.00. The highest BCUT2D eigenvalue weighted by Crippen LogP contribution is 2.36. The lowest BCUT2D eigenvalue weighted by atomic mass is 10.0. The fourth-order valence-electron chi connectivity index (χ4n) is 1.46. The highest BCUT2D eigenvalue weighted by atomic mass is 35.5. The number of carboxylic acids is 1. The molecule has 0 saturated carbocycles. The minimum atomic E-state index is -4.51. The van der Waals surface area contributed by atoms with Crippen molar-refractivity contribution in [1.29, 1.82) is 0 Å². The molecule has 0 heterocycles. The van der Waals surface area contributed by atoms with Gasteiger partial charge in [0, 0.05) is 5.56 Å². The number of ether oxygens (including phenoxy) is 1. The first kappa shape index (κ1) is 17.3. The molecule has 0 unspecified atom stereocenters. The van der Waals surface area contributed by atoms with E-state index in [1.165, 1.54) is 18.2 Å². The molecular formula is C12H11ClF3O3-. The molecule has 0 aliphatic heterocycles. The molecule has 1 N–H and O–H groups in total. The molecule has 0 aliphatic rings. The predicted octanol–water partition coefficient (Wildman–Crippen LogP) is -0.0987. The number of rotatable bonds is 5. The fraction of sp³-hybridized carbons (Fsp3) is 0.250. The Hall–Kier alpha value is -1.69. The van der Waals surface area contributed by atoms with E-state index in [2.05, 4.69) is 6.58 Å². The smallest absolute Gasteiger partial charge is 0.416 e. The zero-order chi connectivity index (χ0) is 13.8. The van der Waals surface area contributed by atoms with Gasteiger partial charge in [0.1, 0.15) is 5.75 Å². The first-order chi connectivity index (χ1) is 8.36. The molecular weight excluding hydrogens is 285 g/mol. The largest absolute Gasteiger partial charge is 1.00 e. The number of hydrogen-bond donors (Lipinski definition) is 1. The normalized spacial score (nSPS) is 10.5. The van der Waals surface area contributed by atoms with Crippen LogP contribution in [0.25, 0.3) is 0 Å². The van der Waals surface area contributed by atoms with E-state index in [0.717, 1.165) is 6.07 Å². The molecule has 0 radical (unpaired) electrons. The van der Waals surface area contributed by atoms with Gasteiger partial charge in [0.15, 0.2) is 6.61 Å². The van der Waals surface area contributed by atoms with E-state index in [4.69, 9.17) is 9.84 Å². The lowest BCUT2D eigenvalue weighted by Gasteiger charge is -2.15. The Bertz CT molecular complexity index is 458. The lowest BCUT2D eigenvalue weighted by molar-refractivity contribution is -0.139. The first-order valence-electron chi connectivity index (χ1n) is 5.01. The van der Waals surface area contributed by atoms with E-state index in [0.29, 0.717) is 0 Å². The summed E-state index contributed by atoms with van der Waals surface area (Å²) in [4.78, 5) is 10.4. The molecule has 0 bridgehead atoms. The molecule has 0 aliphatic carbocycles. The van der Waals surface area contributed by atoms with Gasteiger partial charge in [-0.25, -0.2) is 4.79 Å². The second-order valence-electron chi connectivity index (χ2n) is 3.46. The van der Waals surface area contributed by atoms with Crippen LogP contribution in [0.2, 0.25) is 0 Å². The van der Waals surface area contributed by atoms with Gasteiger partial charge in [0.25, 0.3) is 0 Å². The summed E-state index contributed by atoms with van der Waals surface area (Å²) in [7, 11) is 0. The molecule has 0 saturated heterocycles. The second kappa shape index (κ2) is 7.04. The standard InChI is InChI=1S/C12H11F3O3.ClH/c1-2-4-8-9(12(13,14)15)5-3-6-10(8)18-7-11(16)17;/h2-3,5-6H,1,4,7H2,(H,16,17);1H/p-1. The van der Waals surface area contributed by atoms with Crippen molar-refractivity contribution in [3.63, 3.8) is 0 Å². The predicted molar refractivity (Wildman–Crippen MR) is 58.5 cm³/mol. The molecule has 1 rings (SSSR count). The van der Waals surface area contributed by atoms with Crippen molar-refractivity contribution < 1.29 is 40.2 Å². The third-order valence-corrected chi connectivity index (χ3v) is 2.14. The SMILES string of the molecule is C=CCc1c(OCC(=O)O)cccc1C(F)(F)F.[Cl-]. The van der Waals surface area contributed by atoms with Gasteiger partial charge < -0.3 is 22.3 Å². The third kappa shape index (κ3) is 4.82. The molecule has 7 heteroatoms. The summed E-state index contributed by atoms with van der Waals surface area (Å²) in [6.07, 6.45) is -3.26. The van der Waals surface area contributed by atoms with Crippen LogP contribution >= 0.6 is 0 Å². The number of aliphatic carboxylic acids is 1. The number of alkyl halides is 3. The molecule has 0 aromatic heterocycles. The van der Waals surface area contributed by atoms with Crippen LogP contribution < -0.4 is 17.1 Å². The van der Waals surface area contributed by atoms with E-state index in [9.17, 15) is 18.0 Å². The molecule has 0 amide bonds. The number of allylic oxidation sites excluding steroid dienone is 1. The molecule has 0 spiro atoms. The highest BCUT2D eigenvalue weighted by molar-refractivity contribution is 5.68. The molecule has 3 nitrogen and oxygen atoms in total. The summed E-state index contributed by atoms with van der Waals surface area (Å²) in [5.74, 6) is -1.34. The third-order valence-electron chi connectivity index (χ3n) is 2.14. The fourth-order valence-corrected chi connectivity index (χ4v) is 1.46. The maximum atomic E-state index is 12.7. The number of carboxylic acid groups (broad SMARTS) is 1.